The Labute approximate surface area is 165 Å². The van der Waals surface area contributed by atoms with Gasteiger partial charge in [0, 0.05) is 32.1 Å². The molecule has 1 fully saturated rings. The molecule has 1 atom stereocenters. The van der Waals surface area contributed by atoms with Gasteiger partial charge < -0.3 is 10.2 Å². The molecule has 1 saturated heterocycles. The summed E-state index contributed by atoms with van der Waals surface area (Å²) < 4.78 is 14.0. The van der Waals surface area contributed by atoms with E-state index in [0.29, 0.717) is 31.5 Å². The van der Waals surface area contributed by atoms with Crippen LogP contribution in [0, 0.1) is 11.2 Å². The molecule has 2 amide bonds. The molecule has 2 aromatic rings. The second kappa shape index (κ2) is 8.55. The maximum atomic E-state index is 14.0. The zero-order valence-corrected chi connectivity index (χ0v) is 16.5. The minimum absolute atomic E-state index is 0.0284. The summed E-state index contributed by atoms with van der Waals surface area (Å²) in [4.78, 5) is 26.8. The maximum Gasteiger partial charge on any atom is 0.228 e. The van der Waals surface area contributed by atoms with E-state index < -0.39 is 5.41 Å². The van der Waals surface area contributed by atoms with Gasteiger partial charge in [-0.15, -0.1) is 0 Å². The van der Waals surface area contributed by atoms with E-state index in [4.69, 9.17) is 0 Å². The molecule has 5 heteroatoms. The number of hydrogen-bond donors (Lipinski definition) is 1. The Morgan fingerprint density at radius 1 is 1.14 bits per heavy atom. The molecular weight excluding hydrogens is 355 g/mol. The van der Waals surface area contributed by atoms with E-state index in [1.807, 2.05) is 42.2 Å². The monoisotopic (exact) mass is 382 g/mol. The van der Waals surface area contributed by atoms with E-state index in [-0.39, 0.29) is 17.6 Å². The smallest absolute Gasteiger partial charge is 0.228 e. The first kappa shape index (κ1) is 20.1. The van der Waals surface area contributed by atoms with Gasteiger partial charge in [-0.1, -0.05) is 49.4 Å². The first-order valence-corrected chi connectivity index (χ1v) is 9.83. The Bertz CT molecular complexity index is 850. The lowest BCUT2D eigenvalue weighted by molar-refractivity contribution is -0.141. The van der Waals surface area contributed by atoms with Crippen LogP contribution >= 0.6 is 0 Å². The van der Waals surface area contributed by atoms with Crippen LogP contribution in [0.3, 0.4) is 0 Å². The van der Waals surface area contributed by atoms with Gasteiger partial charge in [0.15, 0.2) is 0 Å². The summed E-state index contributed by atoms with van der Waals surface area (Å²) in [6.45, 7) is 2.99. The Morgan fingerprint density at radius 2 is 1.86 bits per heavy atom. The van der Waals surface area contributed by atoms with E-state index in [9.17, 15) is 14.0 Å². The highest BCUT2D eigenvalue weighted by atomic mass is 19.1. The summed E-state index contributed by atoms with van der Waals surface area (Å²) in [6.07, 6.45) is 2.56. The molecule has 0 bridgehead atoms. The van der Waals surface area contributed by atoms with E-state index >= 15 is 0 Å². The summed E-state index contributed by atoms with van der Waals surface area (Å²) in [6, 6.07) is 14.4. The summed E-state index contributed by atoms with van der Waals surface area (Å²) in [5.41, 5.74) is 1.75. The van der Waals surface area contributed by atoms with Gasteiger partial charge in [-0.2, -0.15) is 0 Å². The van der Waals surface area contributed by atoms with Crippen LogP contribution in [-0.4, -0.2) is 36.9 Å². The van der Waals surface area contributed by atoms with Gasteiger partial charge in [0.1, 0.15) is 5.82 Å². The fraction of sp³-hybridized carbons (Fsp3) is 0.391. The average molecular weight is 382 g/mol. The third kappa shape index (κ3) is 4.08. The number of nitrogens with one attached hydrogen (secondary N) is 1. The molecule has 1 aliphatic rings. The minimum Gasteiger partial charge on any atom is -0.359 e. The Morgan fingerprint density at radius 3 is 2.50 bits per heavy atom. The number of likely N-dealkylation sites (tertiary alicyclic amines) is 1. The normalized spacial score (nSPS) is 19.3. The van der Waals surface area contributed by atoms with Crippen molar-refractivity contribution in [3.63, 3.8) is 0 Å². The molecule has 0 spiro atoms. The van der Waals surface area contributed by atoms with Crippen molar-refractivity contribution in [2.75, 3.05) is 20.1 Å². The lowest BCUT2D eigenvalue weighted by atomic mass is 9.74. The number of amides is 2. The quantitative estimate of drug-likeness (QED) is 0.855. The molecule has 1 N–H and O–H groups in total. The molecular formula is C23H27FN2O2. The first-order valence-electron chi connectivity index (χ1n) is 9.83. The molecule has 0 aromatic heterocycles. The van der Waals surface area contributed by atoms with Crippen LogP contribution in [0.2, 0.25) is 0 Å². The van der Waals surface area contributed by atoms with Crippen molar-refractivity contribution < 1.29 is 14.0 Å². The Hall–Kier alpha value is -2.69. The molecule has 3 rings (SSSR count). The van der Waals surface area contributed by atoms with E-state index in [1.165, 1.54) is 6.07 Å². The summed E-state index contributed by atoms with van der Waals surface area (Å²) >= 11 is 0. The topological polar surface area (TPSA) is 49.4 Å². The van der Waals surface area contributed by atoms with Crippen LogP contribution in [0.25, 0.3) is 11.1 Å². The molecule has 2 aromatic carbocycles. The van der Waals surface area contributed by atoms with Gasteiger partial charge in [0.25, 0.3) is 0 Å². The van der Waals surface area contributed by atoms with Crippen molar-refractivity contribution in [1.29, 1.82) is 0 Å². The third-order valence-electron chi connectivity index (χ3n) is 5.62. The molecule has 28 heavy (non-hydrogen) atoms. The number of hydrogen-bond acceptors (Lipinski definition) is 2. The maximum absolute atomic E-state index is 14.0. The highest BCUT2D eigenvalue weighted by molar-refractivity contribution is 5.84. The van der Waals surface area contributed by atoms with Crippen molar-refractivity contribution in [2.45, 2.75) is 32.6 Å². The van der Waals surface area contributed by atoms with Gasteiger partial charge in [-0.25, -0.2) is 4.39 Å². The number of carbonyl (C=O) groups is 2. The van der Waals surface area contributed by atoms with E-state index in [2.05, 4.69) is 5.32 Å². The zero-order valence-electron chi connectivity index (χ0n) is 16.5. The average Bonchev–Trinajstić information content (AvgIpc) is 2.73. The van der Waals surface area contributed by atoms with Crippen molar-refractivity contribution in [3.8, 4) is 11.1 Å². The Balaban J connectivity index is 1.84. The van der Waals surface area contributed by atoms with Gasteiger partial charge >= 0.3 is 0 Å². The lowest BCUT2D eigenvalue weighted by Gasteiger charge is -2.41. The predicted molar refractivity (Wildman–Crippen MR) is 108 cm³/mol. The van der Waals surface area contributed by atoms with E-state index in [1.54, 1.807) is 19.2 Å². The number of rotatable bonds is 5. The van der Waals surface area contributed by atoms with E-state index in [0.717, 1.165) is 24.0 Å². The lowest BCUT2D eigenvalue weighted by Crippen LogP contribution is -2.53. The first-order chi connectivity index (χ1) is 13.5. The van der Waals surface area contributed by atoms with Crippen molar-refractivity contribution in [3.05, 3.63) is 59.9 Å². The molecule has 0 unspecified atom stereocenters. The van der Waals surface area contributed by atoms with Crippen LogP contribution in [0.1, 0.15) is 31.7 Å². The number of piperidine rings is 1. The third-order valence-corrected chi connectivity index (χ3v) is 5.62. The highest BCUT2D eigenvalue weighted by Crippen LogP contribution is 2.35. The summed E-state index contributed by atoms with van der Waals surface area (Å²) in [5.74, 6) is -0.194. The number of nitrogens with zero attached hydrogens (tertiary/aromatic N) is 1. The van der Waals surface area contributed by atoms with Gasteiger partial charge in [0.05, 0.1) is 5.41 Å². The van der Waals surface area contributed by atoms with Gasteiger partial charge in [0.2, 0.25) is 11.8 Å². The number of benzene rings is 2. The molecule has 1 aliphatic heterocycles. The molecule has 0 aliphatic carbocycles. The van der Waals surface area contributed by atoms with Crippen molar-refractivity contribution in [1.82, 2.24) is 10.2 Å². The van der Waals surface area contributed by atoms with Crippen LogP contribution in [-0.2, 0) is 16.0 Å². The fourth-order valence-electron chi connectivity index (χ4n) is 4.13. The highest BCUT2D eigenvalue weighted by Gasteiger charge is 2.42. The van der Waals surface area contributed by atoms with Crippen LogP contribution in [0.15, 0.2) is 48.5 Å². The van der Waals surface area contributed by atoms with Crippen molar-refractivity contribution >= 4 is 11.8 Å². The predicted octanol–water partition coefficient (Wildman–Crippen LogP) is 3.80. The minimum atomic E-state index is -0.628. The molecule has 1 heterocycles. The zero-order chi connectivity index (χ0) is 20.1. The van der Waals surface area contributed by atoms with Gasteiger partial charge in [-0.3, -0.25) is 9.59 Å². The molecule has 4 nitrogen and oxygen atoms in total. The second-order valence-electron chi connectivity index (χ2n) is 7.49. The Kier molecular flexibility index (Phi) is 6.12. The fourth-order valence-corrected chi connectivity index (χ4v) is 4.13. The standard InChI is InChI=1S/C23H27FN2O2/c1-3-21(27)26-14-6-13-23(16-26,22(28)25-2)15-17-9-11-18(12-10-17)19-7-4-5-8-20(19)24/h4-5,7-12H,3,6,13-16H2,1-2H3,(H,25,28)/t23-/m1/s1. The SMILES string of the molecule is CCC(=O)N1CCC[C@](Cc2ccc(-c3ccccc3F)cc2)(C(=O)NC)C1. The molecule has 0 saturated carbocycles. The van der Waals surface area contributed by atoms with Crippen LogP contribution < -0.4 is 5.32 Å². The molecule has 148 valence electrons. The van der Waals surface area contributed by atoms with Crippen LogP contribution in [0.5, 0.6) is 0 Å². The number of carbonyl (C=O) groups excluding carboxylic acids is 2. The summed E-state index contributed by atoms with van der Waals surface area (Å²) in [7, 11) is 1.64. The van der Waals surface area contributed by atoms with Gasteiger partial charge in [-0.05, 0) is 36.5 Å². The second-order valence-corrected chi connectivity index (χ2v) is 7.49. The van der Waals surface area contributed by atoms with Crippen molar-refractivity contribution in [2.24, 2.45) is 5.41 Å². The number of halogens is 1. The summed E-state index contributed by atoms with van der Waals surface area (Å²) in [5, 5.41) is 2.79. The van der Waals surface area contributed by atoms with Crippen LogP contribution in [0.4, 0.5) is 4.39 Å². The largest absolute Gasteiger partial charge is 0.359 e. The molecule has 0 radical (unpaired) electrons.